The van der Waals surface area contributed by atoms with Gasteiger partial charge in [0.05, 0.1) is 27.4 Å². The lowest BCUT2D eigenvalue weighted by Gasteiger charge is -2.18. The van der Waals surface area contributed by atoms with Gasteiger partial charge in [-0.05, 0) is 31.8 Å². The van der Waals surface area contributed by atoms with Crippen molar-refractivity contribution in [3.8, 4) is 23.3 Å². The maximum atomic E-state index is 9.36. The molecule has 1 unspecified atom stereocenters. The molecule has 0 aliphatic rings. The number of benzene rings is 1. The summed E-state index contributed by atoms with van der Waals surface area (Å²) >= 11 is 0. The summed E-state index contributed by atoms with van der Waals surface area (Å²) in [4.78, 5) is 2.05. The molecule has 1 N–H and O–H groups in total. The summed E-state index contributed by atoms with van der Waals surface area (Å²) < 4.78 is 15.9. The van der Waals surface area contributed by atoms with Crippen molar-refractivity contribution in [3.63, 3.8) is 0 Å². The van der Waals surface area contributed by atoms with Crippen LogP contribution in [0, 0.1) is 11.3 Å². The van der Waals surface area contributed by atoms with E-state index >= 15 is 0 Å². The summed E-state index contributed by atoms with van der Waals surface area (Å²) in [6.45, 7) is 1.56. The second-order valence-corrected chi connectivity index (χ2v) is 4.78. The predicted octanol–water partition coefficient (Wildman–Crippen LogP) is 1.43. The van der Waals surface area contributed by atoms with Crippen LogP contribution in [-0.4, -0.2) is 53.4 Å². The number of nitrogens with zero attached hydrogens (tertiary/aromatic N) is 2. The maximum absolute atomic E-state index is 9.36. The highest BCUT2D eigenvalue weighted by molar-refractivity contribution is 5.55. The standard InChI is InChI=1S/C15H23N3O3/c1-18(2)7-6-17-12(10-16)11-8-13(19-3)15(21-5)14(9-11)20-4/h8-9,12,17H,6-7H2,1-5H3. The summed E-state index contributed by atoms with van der Waals surface area (Å²) in [5.41, 5.74) is 0.783. The van der Waals surface area contributed by atoms with Crippen LogP contribution in [0.25, 0.3) is 0 Å². The van der Waals surface area contributed by atoms with Crippen LogP contribution in [0.4, 0.5) is 0 Å². The van der Waals surface area contributed by atoms with E-state index in [1.54, 1.807) is 33.5 Å². The Balaban J connectivity index is 3.02. The molecule has 0 heterocycles. The number of ether oxygens (including phenoxy) is 3. The van der Waals surface area contributed by atoms with Crippen LogP contribution in [0.15, 0.2) is 12.1 Å². The lowest BCUT2D eigenvalue weighted by molar-refractivity contribution is 0.323. The second-order valence-electron chi connectivity index (χ2n) is 4.78. The van der Waals surface area contributed by atoms with Gasteiger partial charge in [0.2, 0.25) is 5.75 Å². The first-order valence-corrected chi connectivity index (χ1v) is 6.65. The number of methoxy groups -OCH3 is 3. The third kappa shape index (κ3) is 4.52. The molecule has 0 fully saturated rings. The Hall–Kier alpha value is -1.97. The monoisotopic (exact) mass is 293 g/mol. The summed E-state index contributed by atoms with van der Waals surface area (Å²) in [5.74, 6) is 1.61. The summed E-state index contributed by atoms with van der Waals surface area (Å²) in [5, 5.41) is 12.6. The van der Waals surface area contributed by atoms with Crippen molar-refractivity contribution in [3.05, 3.63) is 17.7 Å². The Morgan fingerprint density at radius 3 is 2.10 bits per heavy atom. The lowest BCUT2D eigenvalue weighted by Crippen LogP contribution is -2.29. The molecule has 0 spiro atoms. The van der Waals surface area contributed by atoms with Crippen LogP contribution in [0.2, 0.25) is 0 Å². The van der Waals surface area contributed by atoms with Gasteiger partial charge in [-0.1, -0.05) is 0 Å². The van der Waals surface area contributed by atoms with Crippen molar-refractivity contribution in [1.29, 1.82) is 5.26 Å². The SMILES string of the molecule is COc1cc(C(C#N)NCCN(C)C)cc(OC)c1OC. The zero-order valence-electron chi connectivity index (χ0n) is 13.3. The topological polar surface area (TPSA) is 66.8 Å². The average molecular weight is 293 g/mol. The fourth-order valence-electron chi connectivity index (χ4n) is 1.94. The number of nitrogens with one attached hydrogen (secondary N) is 1. The molecule has 0 bridgehead atoms. The van der Waals surface area contributed by atoms with E-state index in [0.29, 0.717) is 23.8 Å². The Labute approximate surface area is 126 Å². The van der Waals surface area contributed by atoms with Crippen LogP contribution in [0.3, 0.4) is 0 Å². The number of hydrogen-bond donors (Lipinski definition) is 1. The number of hydrogen-bond acceptors (Lipinski definition) is 6. The Bertz CT molecular complexity index is 472. The van der Waals surface area contributed by atoms with Crippen LogP contribution >= 0.6 is 0 Å². The molecule has 0 amide bonds. The fraction of sp³-hybridized carbons (Fsp3) is 0.533. The molecular weight excluding hydrogens is 270 g/mol. The molecule has 6 heteroatoms. The van der Waals surface area contributed by atoms with Gasteiger partial charge in [0, 0.05) is 13.1 Å². The van der Waals surface area contributed by atoms with Crippen molar-refractivity contribution in [2.45, 2.75) is 6.04 Å². The molecule has 0 aromatic heterocycles. The van der Waals surface area contributed by atoms with Crippen LogP contribution in [0.1, 0.15) is 11.6 Å². The van der Waals surface area contributed by atoms with Crippen molar-refractivity contribution in [2.24, 2.45) is 0 Å². The number of nitriles is 1. The third-order valence-electron chi connectivity index (χ3n) is 3.06. The van der Waals surface area contributed by atoms with E-state index in [0.717, 1.165) is 12.1 Å². The van der Waals surface area contributed by atoms with E-state index < -0.39 is 6.04 Å². The van der Waals surface area contributed by atoms with E-state index in [1.807, 2.05) is 14.1 Å². The predicted molar refractivity (Wildman–Crippen MR) is 81.0 cm³/mol. The van der Waals surface area contributed by atoms with E-state index in [2.05, 4.69) is 16.3 Å². The fourth-order valence-corrected chi connectivity index (χ4v) is 1.94. The minimum Gasteiger partial charge on any atom is -0.493 e. The first-order valence-electron chi connectivity index (χ1n) is 6.65. The Kier molecular flexibility index (Phi) is 6.79. The van der Waals surface area contributed by atoms with Gasteiger partial charge in [0.25, 0.3) is 0 Å². The number of rotatable bonds is 8. The Morgan fingerprint density at radius 1 is 1.14 bits per heavy atom. The highest BCUT2D eigenvalue weighted by Gasteiger charge is 2.18. The average Bonchev–Trinajstić information content (AvgIpc) is 2.49. The molecule has 1 atom stereocenters. The molecule has 1 aromatic carbocycles. The second kappa shape index (κ2) is 8.35. The molecule has 0 saturated carbocycles. The van der Waals surface area contributed by atoms with Gasteiger partial charge in [-0.3, -0.25) is 5.32 Å². The van der Waals surface area contributed by atoms with E-state index in [1.165, 1.54) is 0 Å². The molecule has 1 aromatic rings. The normalized spacial score (nSPS) is 11.9. The quantitative estimate of drug-likeness (QED) is 0.782. The molecule has 0 radical (unpaired) electrons. The largest absolute Gasteiger partial charge is 0.493 e. The lowest BCUT2D eigenvalue weighted by atomic mass is 10.1. The highest BCUT2D eigenvalue weighted by atomic mass is 16.5. The first-order chi connectivity index (χ1) is 10.1. The van der Waals surface area contributed by atoms with Crippen LogP contribution < -0.4 is 19.5 Å². The smallest absolute Gasteiger partial charge is 0.203 e. The first kappa shape index (κ1) is 17.1. The van der Waals surface area contributed by atoms with Gasteiger partial charge in [0.1, 0.15) is 6.04 Å². The van der Waals surface area contributed by atoms with E-state index in [4.69, 9.17) is 14.2 Å². The summed E-state index contributed by atoms with van der Waals surface area (Å²) in [6, 6.07) is 5.40. The molecule has 1 rings (SSSR count). The van der Waals surface area contributed by atoms with Gasteiger partial charge < -0.3 is 19.1 Å². The van der Waals surface area contributed by atoms with Gasteiger partial charge in [0.15, 0.2) is 11.5 Å². The number of likely N-dealkylation sites (N-methyl/N-ethyl adjacent to an activating group) is 1. The van der Waals surface area contributed by atoms with Crippen molar-refractivity contribution >= 4 is 0 Å². The van der Waals surface area contributed by atoms with E-state index in [-0.39, 0.29) is 0 Å². The van der Waals surface area contributed by atoms with Crippen LogP contribution in [0.5, 0.6) is 17.2 Å². The van der Waals surface area contributed by atoms with Crippen molar-refractivity contribution < 1.29 is 14.2 Å². The van der Waals surface area contributed by atoms with Gasteiger partial charge in [-0.15, -0.1) is 0 Å². The minimum absolute atomic E-state index is 0.432. The van der Waals surface area contributed by atoms with E-state index in [9.17, 15) is 5.26 Å². The molecular formula is C15H23N3O3. The third-order valence-corrected chi connectivity index (χ3v) is 3.06. The van der Waals surface area contributed by atoms with Crippen molar-refractivity contribution in [1.82, 2.24) is 10.2 Å². The zero-order valence-corrected chi connectivity index (χ0v) is 13.3. The molecule has 0 aliphatic carbocycles. The van der Waals surface area contributed by atoms with Gasteiger partial charge >= 0.3 is 0 Å². The Morgan fingerprint density at radius 2 is 1.71 bits per heavy atom. The minimum atomic E-state index is -0.432. The summed E-state index contributed by atoms with van der Waals surface area (Å²) in [7, 11) is 8.64. The molecule has 0 aliphatic heterocycles. The molecule has 0 saturated heterocycles. The molecule has 6 nitrogen and oxygen atoms in total. The van der Waals surface area contributed by atoms with Gasteiger partial charge in [-0.2, -0.15) is 5.26 Å². The maximum Gasteiger partial charge on any atom is 0.203 e. The van der Waals surface area contributed by atoms with Crippen molar-refractivity contribution in [2.75, 3.05) is 48.5 Å². The highest BCUT2D eigenvalue weighted by Crippen LogP contribution is 2.39. The zero-order chi connectivity index (χ0) is 15.8. The van der Waals surface area contributed by atoms with Gasteiger partial charge in [-0.25, -0.2) is 0 Å². The summed E-state index contributed by atoms with van der Waals surface area (Å²) in [6.07, 6.45) is 0. The van der Waals surface area contributed by atoms with Crippen LogP contribution in [-0.2, 0) is 0 Å². The molecule has 21 heavy (non-hydrogen) atoms. The molecule has 116 valence electrons.